The molecular formula is C12H17N3OS. The zero-order valence-corrected chi connectivity index (χ0v) is 10.9. The fourth-order valence-electron chi connectivity index (χ4n) is 1.20. The topological polar surface area (TPSA) is 44.4 Å². The van der Waals surface area contributed by atoms with Crippen LogP contribution in [0, 0.1) is 0 Å². The zero-order valence-electron chi connectivity index (χ0n) is 10.1. The zero-order chi connectivity index (χ0) is 12.7. The third kappa shape index (κ3) is 5.31. The molecule has 1 aromatic rings. The quantitative estimate of drug-likeness (QED) is 0.795. The molecule has 0 aliphatic rings. The summed E-state index contributed by atoms with van der Waals surface area (Å²) in [6.45, 7) is 0.537. The van der Waals surface area contributed by atoms with Gasteiger partial charge in [0.05, 0.1) is 0 Å². The summed E-state index contributed by atoms with van der Waals surface area (Å²) >= 11 is 5.11. The maximum Gasteiger partial charge on any atom is 0.223 e. The molecule has 0 aliphatic carbocycles. The Balaban J connectivity index is 2.25. The standard InChI is InChI=1S/C12H17N3OS/c1-15(2)11(16)8-9-13-12(17)14-10-6-4-3-5-7-10/h3-7H,8-9H2,1-2H3,(H2,13,14,17). The van der Waals surface area contributed by atoms with Crippen LogP contribution in [0.4, 0.5) is 5.69 Å². The van der Waals surface area contributed by atoms with Gasteiger partial charge in [0.2, 0.25) is 5.91 Å². The fraction of sp³-hybridized carbons (Fsp3) is 0.333. The molecule has 0 unspecified atom stereocenters. The average Bonchev–Trinajstić information content (AvgIpc) is 2.30. The van der Waals surface area contributed by atoms with Crippen molar-refractivity contribution in [3.63, 3.8) is 0 Å². The molecular weight excluding hydrogens is 234 g/mol. The number of thiocarbonyl (C=S) groups is 1. The van der Waals surface area contributed by atoms with E-state index < -0.39 is 0 Å². The summed E-state index contributed by atoms with van der Waals surface area (Å²) < 4.78 is 0. The van der Waals surface area contributed by atoms with E-state index in [0.717, 1.165) is 5.69 Å². The van der Waals surface area contributed by atoms with Crippen molar-refractivity contribution in [3.8, 4) is 0 Å². The summed E-state index contributed by atoms with van der Waals surface area (Å²) in [5, 5.41) is 6.56. The molecule has 0 heterocycles. The molecule has 17 heavy (non-hydrogen) atoms. The van der Waals surface area contributed by atoms with Crippen LogP contribution in [0.25, 0.3) is 0 Å². The van der Waals surface area contributed by atoms with Crippen molar-refractivity contribution in [2.45, 2.75) is 6.42 Å². The van der Waals surface area contributed by atoms with Crippen molar-refractivity contribution in [1.82, 2.24) is 10.2 Å². The summed E-state index contributed by atoms with van der Waals surface area (Å²) in [5.74, 6) is 0.0833. The number of carbonyl (C=O) groups excluding carboxylic acids is 1. The first-order chi connectivity index (χ1) is 8.09. The van der Waals surface area contributed by atoms with E-state index in [0.29, 0.717) is 18.1 Å². The van der Waals surface area contributed by atoms with Gasteiger partial charge in [-0.1, -0.05) is 18.2 Å². The predicted octanol–water partition coefficient (Wildman–Crippen LogP) is 1.45. The van der Waals surface area contributed by atoms with Gasteiger partial charge < -0.3 is 15.5 Å². The van der Waals surface area contributed by atoms with E-state index in [4.69, 9.17) is 12.2 Å². The Kier molecular flexibility index (Phi) is 5.42. The number of benzene rings is 1. The van der Waals surface area contributed by atoms with Crippen molar-refractivity contribution in [2.24, 2.45) is 0 Å². The smallest absolute Gasteiger partial charge is 0.223 e. The molecule has 1 aromatic carbocycles. The molecule has 0 spiro atoms. The minimum atomic E-state index is 0.0833. The van der Waals surface area contributed by atoms with Crippen molar-refractivity contribution in [2.75, 3.05) is 26.0 Å². The van der Waals surface area contributed by atoms with Gasteiger partial charge in [-0.3, -0.25) is 4.79 Å². The van der Waals surface area contributed by atoms with Gasteiger partial charge in [0.15, 0.2) is 5.11 Å². The predicted molar refractivity (Wildman–Crippen MR) is 74.0 cm³/mol. The number of anilines is 1. The van der Waals surface area contributed by atoms with E-state index >= 15 is 0 Å². The Morgan fingerprint density at radius 2 is 1.94 bits per heavy atom. The highest BCUT2D eigenvalue weighted by Gasteiger charge is 2.03. The van der Waals surface area contributed by atoms with Crippen LogP contribution in [0.3, 0.4) is 0 Å². The second-order valence-corrected chi connectivity index (χ2v) is 4.19. The van der Waals surface area contributed by atoms with Crippen LogP contribution in [-0.2, 0) is 4.79 Å². The molecule has 0 aliphatic heterocycles. The van der Waals surface area contributed by atoms with Gasteiger partial charge in [0.25, 0.3) is 0 Å². The first-order valence-electron chi connectivity index (χ1n) is 5.39. The first kappa shape index (κ1) is 13.4. The third-order valence-corrected chi connectivity index (χ3v) is 2.40. The van der Waals surface area contributed by atoms with Gasteiger partial charge in [0, 0.05) is 32.7 Å². The van der Waals surface area contributed by atoms with E-state index in [-0.39, 0.29) is 5.91 Å². The number of hydrogen-bond acceptors (Lipinski definition) is 2. The lowest BCUT2D eigenvalue weighted by atomic mass is 10.3. The molecule has 2 N–H and O–H groups in total. The molecule has 0 radical (unpaired) electrons. The highest BCUT2D eigenvalue weighted by molar-refractivity contribution is 7.80. The Labute approximate surface area is 107 Å². The van der Waals surface area contributed by atoms with Gasteiger partial charge in [-0.15, -0.1) is 0 Å². The normalized spacial score (nSPS) is 9.53. The number of rotatable bonds is 4. The summed E-state index contributed by atoms with van der Waals surface area (Å²) in [6.07, 6.45) is 0.434. The molecule has 0 saturated heterocycles. The highest BCUT2D eigenvalue weighted by atomic mass is 32.1. The highest BCUT2D eigenvalue weighted by Crippen LogP contribution is 2.04. The largest absolute Gasteiger partial charge is 0.362 e. The Morgan fingerprint density at radius 3 is 2.53 bits per heavy atom. The number of para-hydroxylation sites is 1. The number of nitrogens with zero attached hydrogens (tertiary/aromatic N) is 1. The summed E-state index contributed by atoms with van der Waals surface area (Å²) in [5.41, 5.74) is 0.934. The van der Waals surface area contributed by atoms with Crippen LogP contribution < -0.4 is 10.6 Å². The van der Waals surface area contributed by atoms with E-state index in [1.165, 1.54) is 0 Å². The van der Waals surface area contributed by atoms with E-state index in [2.05, 4.69) is 10.6 Å². The van der Waals surface area contributed by atoms with Crippen molar-refractivity contribution in [3.05, 3.63) is 30.3 Å². The van der Waals surface area contributed by atoms with E-state index in [9.17, 15) is 4.79 Å². The van der Waals surface area contributed by atoms with E-state index in [1.54, 1.807) is 19.0 Å². The van der Waals surface area contributed by atoms with Crippen LogP contribution in [0.2, 0.25) is 0 Å². The average molecular weight is 251 g/mol. The van der Waals surface area contributed by atoms with Gasteiger partial charge in [0.1, 0.15) is 0 Å². The van der Waals surface area contributed by atoms with Gasteiger partial charge in [-0.25, -0.2) is 0 Å². The lowest BCUT2D eigenvalue weighted by Gasteiger charge is -2.12. The monoisotopic (exact) mass is 251 g/mol. The molecule has 1 rings (SSSR count). The Morgan fingerprint density at radius 1 is 1.29 bits per heavy atom. The molecule has 0 fully saturated rings. The van der Waals surface area contributed by atoms with Gasteiger partial charge in [-0.05, 0) is 24.4 Å². The van der Waals surface area contributed by atoms with Crippen molar-refractivity contribution in [1.29, 1.82) is 0 Å². The van der Waals surface area contributed by atoms with Crippen LogP contribution in [0.5, 0.6) is 0 Å². The second-order valence-electron chi connectivity index (χ2n) is 3.79. The minimum Gasteiger partial charge on any atom is -0.362 e. The third-order valence-electron chi connectivity index (χ3n) is 2.15. The Hall–Kier alpha value is -1.62. The lowest BCUT2D eigenvalue weighted by Crippen LogP contribution is -2.32. The maximum atomic E-state index is 11.3. The SMILES string of the molecule is CN(C)C(=O)CCNC(=S)Nc1ccccc1. The van der Waals surface area contributed by atoms with E-state index in [1.807, 2.05) is 30.3 Å². The first-order valence-corrected chi connectivity index (χ1v) is 5.80. The lowest BCUT2D eigenvalue weighted by molar-refractivity contribution is -0.128. The molecule has 0 atom stereocenters. The summed E-state index contributed by atoms with van der Waals surface area (Å²) in [7, 11) is 3.48. The van der Waals surface area contributed by atoms with Crippen LogP contribution in [-0.4, -0.2) is 36.6 Å². The number of amides is 1. The second kappa shape index (κ2) is 6.85. The van der Waals surface area contributed by atoms with Crippen molar-refractivity contribution >= 4 is 28.9 Å². The Bertz CT molecular complexity index is 379. The molecule has 1 amide bonds. The van der Waals surface area contributed by atoms with Crippen LogP contribution >= 0.6 is 12.2 Å². The molecule has 0 bridgehead atoms. The number of carbonyl (C=O) groups is 1. The van der Waals surface area contributed by atoms with Gasteiger partial charge >= 0.3 is 0 Å². The number of hydrogen-bond donors (Lipinski definition) is 2. The molecule has 0 saturated carbocycles. The van der Waals surface area contributed by atoms with Crippen LogP contribution in [0.1, 0.15) is 6.42 Å². The molecule has 4 nitrogen and oxygen atoms in total. The number of nitrogens with one attached hydrogen (secondary N) is 2. The fourth-order valence-corrected chi connectivity index (χ4v) is 1.42. The summed E-state index contributed by atoms with van der Waals surface area (Å²) in [6, 6.07) is 9.66. The molecule has 5 heteroatoms. The molecule has 92 valence electrons. The summed E-state index contributed by atoms with van der Waals surface area (Å²) in [4.78, 5) is 12.9. The maximum absolute atomic E-state index is 11.3. The molecule has 0 aromatic heterocycles. The van der Waals surface area contributed by atoms with Gasteiger partial charge in [-0.2, -0.15) is 0 Å². The minimum absolute atomic E-state index is 0.0833. The van der Waals surface area contributed by atoms with Crippen molar-refractivity contribution < 1.29 is 4.79 Å². The van der Waals surface area contributed by atoms with Crippen LogP contribution in [0.15, 0.2) is 30.3 Å².